The van der Waals surface area contributed by atoms with Gasteiger partial charge in [0.05, 0.1) is 23.8 Å². The van der Waals surface area contributed by atoms with Crippen molar-refractivity contribution in [3.05, 3.63) is 119 Å². The van der Waals surface area contributed by atoms with Crippen LogP contribution in [0.5, 0.6) is 0 Å². The van der Waals surface area contributed by atoms with Crippen LogP contribution in [0.25, 0.3) is 0 Å². The maximum Gasteiger partial charge on any atom is 0.0740 e. The number of aliphatic imine (C=N–C) groups is 1. The van der Waals surface area contributed by atoms with E-state index < -0.39 is 0 Å². The molecule has 0 N–H and O–H groups in total. The summed E-state index contributed by atoms with van der Waals surface area (Å²) in [7, 11) is 0. The molecule has 0 saturated carbocycles. The molecular formula is C25H22N2. The smallest absolute Gasteiger partial charge is 0.0740 e. The summed E-state index contributed by atoms with van der Waals surface area (Å²) in [5.74, 6) is 0. The summed E-state index contributed by atoms with van der Waals surface area (Å²) in [4.78, 5) is 7.46. The average molecular weight is 350 g/mol. The van der Waals surface area contributed by atoms with Gasteiger partial charge < -0.3 is 0 Å². The number of rotatable bonds is 3. The van der Waals surface area contributed by atoms with Gasteiger partial charge in [-0.15, -0.1) is 0 Å². The van der Waals surface area contributed by atoms with Gasteiger partial charge in [0.1, 0.15) is 0 Å². The molecule has 0 amide bonds. The number of aryl methyl sites for hydroxylation is 1. The molecule has 2 aliphatic rings. The van der Waals surface area contributed by atoms with Gasteiger partial charge in [-0.2, -0.15) is 0 Å². The van der Waals surface area contributed by atoms with Crippen molar-refractivity contribution in [3.8, 4) is 0 Å². The summed E-state index contributed by atoms with van der Waals surface area (Å²) in [5, 5.41) is 0. The summed E-state index contributed by atoms with van der Waals surface area (Å²) >= 11 is 0. The Morgan fingerprint density at radius 3 is 2.07 bits per heavy atom. The van der Waals surface area contributed by atoms with Crippen LogP contribution in [0, 0.1) is 6.92 Å². The van der Waals surface area contributed by atoms with Crippen LogP contribution < -0.4 is 0 Å². The molecule has 3 aromatic carbocycles. The fraction of sp³-hybridized carbons (Fsp3) is 0.160. The van der Waals surface area contributed by atoms with E-state index in [0.717, 1.165) is 5.71 Å². The van der Waals surface area contributed by atoms with Crippen LogP contribution in [-0.4, -0.2) is 16.7 Å². The largest absolute Gasteiger partial charge is 0.273 e. The molecule has 27 heavy (non-hydrogen) atoms. The van der Waals surface area contributed by atoms with E-state index in [1.807, 2.05) is 6.20 Å². The molecule has 5 rings (SSSR count). The Balaban J connectivity index is 1.57. The number of nitrogens with zero attached hydrogens (tertiary/aromatic N) is 2. The van der Waals surface area contributed by atoms with Gasteiger partial charge in [0, 0.05) is 6.20 Å². The molecule has 0 spiro atoms. The molecule has 3 aromatic rings. The zero-order valence-electron chi connectivity index (χ0n) is 15.4. The van der Waals surface area contributed by atoms with Gasteiger partial charge in [-0.1, -0.05) is 90.5 Å². The lowest BCUT2D eigenvalue weighted by molar-refractivity contribution is 0.438. The molecule has 1 saturated heterocycles. The maximum atomic E-state index is 4.88. The summed E-state index contributed by atoms with van der Waals surface area (Å²) in [6, 6.07) is 31.2. The van der Waals surface area contributed by atoms with Crippen LogP contribution in [0.15, 0.2) is 102 Å². The SMILES string of the molecule is Cc1ccc(C2C3C(c4ccccc4)=NC=CC(c4ccccc4)N32)cc1. The Bertz CT molecular complexity index is 988. The van der Waals surface area contributed by atoms with E-state index in [4.69, 9.17) is 4.99 Å². The minimum absolute atomic E-state index is 0.243. The second kappa shape index (κ2) is 6.64. The molecule has 0 radical (unpaired) electrons. The minimum atomic E-state index is 0.243. The van der Waals surface area contributed by atoms with Crippen LogP contribution in [0.3, 0.4) is 0 Å². The van der Waals surface area contributed by atoms with Gasteiger partial charge in [-0.3, -0.25) is 9.89 Å². The van der Waals surface area contributed by atoms with E-state index in [-0.39, 0.29) is 6.04 Å². The topological polar surface area (TPSA) is 15.4 Å². The van der Waals surface area contributed by atoms with Crippen LogP contribution in [-0.2, 0) is 0 Å². The molecule has 0 aromatic heterocycles. The van der Waals surface area contributed by atoms with Gasteiger partial charge in [0.25, 0.3) is 0 Å². The van der Waals surface area contributed by atoms with Gasteiger partial charge >= 0.3 is 0 Å². The Labute approximate surface area is 160 Å². The number of benzene rings is 3. The van der Waals surface area contributed by atoms with Crippen molar-refractivity contribution in [2.75, 3.05) is 0 Å². The molecular weight excluding hydrogens is 328 g/mol. The lowest BCUT2D eigenvalue weighted by Gasteiger charge is -2.16. The summed E-state index contributed by atoms with van der Waals surface area (Å²) < 4.78 is 0. The van der Waals surface area contributed by atoms with E-state index in [9.17, 15) is 0 Å². The van der Waals surface area contributed by atoms with Gasteiger partial charge in [-0.05, 0) is 29.7 Å². The van der Waals surface area contributed by atoms with Crippen LogP contribution in [0.1, 0.15) is 34.3 Å². The molecule has 2 heterocycles. The van der Waals surface area contributed by atoms with Crippen molar-refractivity contribution >= 4 is 5.71 Å². The van der Waals surface area contributed by atoms with E-state index in [0.29, 0.717) is 12.1 Å². The van der Waals surface area contributed by atoms with Gasteiger partial charge in [-0.25, -0.2) is 0 Å². The van der Waals surface area contributed by atoms with E-state index in [1.54, 1.807) is 0 Å². The highest BCUT2D eigenvalue weighted by Crippen LogP contribution is 2.52. The van der Waals surface area contributed by atoms with E-state index in [1.165, 1.54) is 22.3 Å². The van der Waals surface area contributed by atoms with E-state index >= 15 is 0 Å². The normalized spacial score (nSPS) is 26.0. The standard InChI is InChI=1S/C25H22N2/c1-18-12-14-21(15-13-18)24-25-23(20-10-6-3-7-11-20)26-17-16-22(27(24)25)19-8-4-2-5-9-19/h2-17,22,24-25H,1H3. The molecule has 132 valence electrons. The third-order valence-electron chi connectivity index (χ3n) is 5.56. The summed E-state index contributed by atoms with van der Waals surface area (Å²) in [6.07, 6.45) is 4.21. The third-order valence-corrected chi connectivity index (χ3v) is 5.56. The average Bonchev–Trinajstić information content (AvgIpc) is 3.47. The highest BCUT2D eigenvalue weighted by atomic mass is 15.4. The number of fused-ring (bicyclic) bond motifs is 1. The minimum Gasteiger partial charge on any atom is -0.273 e. The Kier molecular flexibility index (Phi) is 3.99. The van der Waals surface area contributed by atoms with Crippen molar-refractivity contribution in [1.29, 1.82) is 0 Å². The molecule has 4 unspecified atom stereocenters. The van der Waals surface area contributed by atoms with Gasteiger partial charge in [0.2, 0.25) is 0 Å². The quantitative estimate of drug-likeness (QED) is 0.571. The fourth-order valence-electron chi connectivity index (χ4n) is 4.17. The number of hydrogen-bond donors (Lipinski definition) is 0. The Morgan fingerprint density at radius 1 is 0.704 bits per heavy atom. The van der Waals surface area contributed by atoms with Crippen molar-refractivity contribution in [2.24, 2.45) is 4.99 Å². The molecule has 2 nitrogen and oxygen atoms in total. The molecule has 2 heteroatoms. The molecule has 4 atom stereocenters. The second-order valence-corrected chi connectivity index (χ2v) is 7.32. The monoisotopic (exact) mass is 350 g/mol. The predicted molar refractivity (Wildman–Crippen MR) is 111 cm³/mol. The summed E-state index contributed by atoms with van der Waals surface area (Å²) in [5.41, 5.74) is 6.35. The molecule has 2 aliphatic heterocycles. The first-order valence-electron chi connectivity index (χ1n) is 9.52. The Hall–Kier alpha value is -2.97. The second-order valence-electron chi connectivity index (χ2n) is 7.32. The predicted octanol–water partition coefficient (Wildman–Crippen LogP) is 5.48. The fourth-order valence-corrected chi connectivity index (χ4v) is 4.17. The van der Waals surface area contributed by atoms with Crippen LogP contribution in [0.4, 0.5) is 0 Å². The highest BCUT2D eigenvalue weighted by Gasteiger charge is 2.55. The highest BCUT2D eigenvalue weighted by molar-refractivity contribution is 6.07. The zero-order chi connectivity index (χ0) is 18.2. The Morgan fingerprint density at radius 2 is 1.37 bits per heavy atom. The first kappa shape index (κ1) is 16.2. The molecule has 0 aliphatic carbocycles. The van der Waals surface area contributed by atoms with Gasteiger partial charge in [0.15, 0.2) is 0 Å². The third kappa shape index (κ3) is 2.92. The van der Waals surface area contributed by atoms with Crippen molar-refractivity contribution in [2.45, 2.75) is 25.0 Å². The van der Waals surface area contributed by atoms with Crippen LogP contribution in [0.2, 0.25) is 0 Å². The van der Waals surface area contributed by atoms with Crippen molar-refractivity contribution in [1.82, 2.24) is 4.90 Å². The van der Waals surface area contributed by atoms with Crippen molar-refractivity contribution < 1.29 is 0 Å². The summed E-state index contributed by atoms with van der Waals surface area (Å²) in [6.45, 7) is 2.14. The maximum absolute atomic E-state index is 4.88. The van der Waals surface area contributed by atoms with Crippen LogP contribution >= 0.6 is 0 Å². The molecule has 1 fully saturated rings. The zero-order valence-corrected chi connectivity index (χ0v) is 15.4. The first-order valence-corrected chi connectivity index (χ1v) is 9.52. The van der Waals surface area contributed by atoms with Crippen molar-refractivity contribution in [3.63, 3.8) is 0 Å². The first-order chi connectivity index (χ1) is 13.3. The van der Waals surface area contributed by atoms with E-state index in [2.05, 4.69) is 103 Å². The number of hydrogen-bond acceptors (Lipinski definition) is 2. The lowest BCUT2D eigenvalue weighted by atomic mass is 10.0. The lowest BCUT2D eigenvalue weighted by Crippen LogP contribution is -2.15. The molecule has 0 bridgehead atoms.